The Balaban J connectivity index is 2.04. The summed E-state index contributed by atoms with van der Waals surface area (Å²) in [6, 6.07) is 0. The Bertz CT molecular complexity index is 139. The maximum Gasteiger partial charge on any atom is 0.509 e. The third kappa shape index (κ3) is 0.856. The molecule has 1 aliphatic carbocycles. The Morgan fingerprint density at radius 1 is 1.10 bits per heavy atom. The lowest BCUT2D eigenvalue weighted by atomic mass is 9.95. The molecule has 2 atom stereocenters. The van der Waals surface area contributed by atoms with Crippen LogP contribution in [0, 0.1) is 0 Å². The Morgan fingerprint density at radius 2 is 1.60 bits per heavy atom. The Morgan fingerprint density at radius 3 is 2.10 bits per heavy atom. The summed E-state index contributed by atoms with van der Waals surface area (Å²) in [6.45, 7) is 0. The minimum absolute atomic E-state index is 0.0706. The molecule has 3 heteroatoms. The smallest absolute Gasteiger partial charge is 0.427 e. The van der Waals surface area contributed by atoms with Crippen molar-refractivity contribution < 1.29 is 14.3 Å². The van der Waals surface area contributed by atoms with E-state index in [9.17, 15) is 4.79 Å². The molecule has 0 N–H and O–H groups in total. The summed E-state index contributed by atoms with van der Waals surface area (Å²) in [5, 5.41) is 0. The van der Waals surface area contributed by atoms with Gasteiger partial charge in [0.25, 0.3) is 0 Å². The number of hydrogen-bond donors (Lipinski definition) is 0. The highest BCUT2D eigenvalue weighted by atomic mass is 16.8. The van der Waals surface area contributed by atoms with Gasteiger partial charge in [0.2, 0.25) is 0 Å². The highest BCUT2D eigenvalue weighted by Gasteiger charge is 2.37. The fourth-order valence-electron chi connectivity index (χ4n) is 1.61. The van der Waals surface area contributed by atoms with Crippen LogP contribution >= 0.6 is 0 Å². The number of fused-ring (bicyclic) bond motifs is 1. The summed E-state index contributed by atoms with van der Waals surface area (Å²) in [7, 11) is 0. The summed E-state index contributed by atoms with van der Waals surface area (Å²) >= 11 is 0. The third-order valence-electron chi connectivity index (χ3n) is 2.14. The molecule has 2 rings (SSSR count). The molecule has 10 heavy (non-hydrogen) atoms. The lowest BCUT2D eigenvalue weighted by Gasteiger charge is -2.19. The van der Waals surface area contributed by atoms with Gasteiger partial charge in [-0.1, -0.05) is 0 Å². The second-order valence-corrected chi connectivity index (χ2v) is 2.85. The fourth-order valence-corrected chi connectivity index (χ4v) is 1.61. The van der Waals surface area contributed by atoms with Gasteiger partial charge in [0, 0.05) is 0 Å². The molecular formula is C7H10O3. The van der Waals surface area contributed by atoms with Gasteiger partial charge in [0.1, 0.15) is 12.2 Å². The van der Waals surface area contributed by atoms with E-state index in [0.29, 0.717) is 0 Å². The van der Waals surface area contributed by atoms with E-state index in [-0.39, 0.29) is 12.2 Å². The highest BCUT2D eigenvalue weighted by molar-refractivity contribution is 5.62. The molecule has 2 fully saturated rings. The van der Waals surface area contributed by atoms with E-state index in [1.807, 2.05) is 0 Å². The van der Waals surface area contributed by atoms with Gasteiger partial charge in [-0.05, 0) is 25.7 Å². The molecular weight excluding hydrogens is 132 g/mol. The molecule has 3 nitrogen and oxygen atoms in total. The minimum Gasteiger partial charge on any atom is -0.427 e. The van der Waals surface area contributed by atoms with Crippen LogP contribution in [0.1, 0.15) is 25.7 Å². The molecule has 56 valence electrons. The van der Waals surface area contributed by atoms with E-state index in [4.69, 9.17) is 9.47 Å². The van der Waals surface area contributed by atoms with Crippen LogP contribution < -0.4 is 0 Å². The molecule has 0 bridgehead atoms. The maximum atomic E-state index is 10.6. The average molecular weight is 142 g/mol. The van der Waals surface area contributed by atoms with Gasteiger partial charge in [-0.25, -0.2) is 4.79 Å². The maximum absolute atomic E-state index is 10.6. The summed E-state index contributed by atoms with van der Waals surface area (Å²) in [5.41, 5.74) is 0. The molecule has 1 heterocycles. The SMILES string of the molecule is O=C1OC2CCCCC2O1. The number of hydrogen-bond acceptors (Lipinski definition) is 3. The first-order chi connectivity index (χ1) is 4.86. The van der Waals surface area contributed by atoms with Crippen LogP contribution in [0.15, 0.2) is 0 Å². The minimum atomic E-state index is -0.475. The zero-order valence-electron chi connectivity index (χ0n) is 5.71. The van der Waals surface area contributed by atoms with Crippen molar-refractivity contribution in [2.24, 2.45) is 0 Å². The van der Waals surface area contributed by atoms with E-state index in [0.717, 1.165) is 25.7 Å². The van der Waals surface area contributed by atoms with Crippen molar-refractivity contribution in [2.45, 2.75) is 37.9 Å². The molecule has 1 saturated carbocycles. The van der Waals surface area contributed by atoms with Crippen molar-refractivity contribution in [2.75, 3.05) is 0 Å². The Hall–Kier alpha value is -0.730. The number of ether oxygens (including phenoxy) is 2. The van der Waals surface area contributed by atoms with Crippen LogP contribution in [0.5, 0.6) is 0 Å². The first kappa shape index (κ1) is 6.01. The number of carbonyl (C=O) groups is 1. The molecule has 2 unspecified atom stereocenters. The average Bonchev–Trinajstić information content (AvgIpc) is 2.27. The van der Waals surface area contributed by atoms with E-state index < -0.39 is 6.16 Å². The van der Waals surface area contributed by atoms with Crippen LogP contribution in [0.3, 0.4) is 0 Å². The van der Waals surface area contributed by atoms with Crippen molar-refractivity contribution in [3.8, 4) is 0 Å². The van der Waals surface area contributed by atoms with Gasteiger partial charge < -0.3 is 9.47 Å². The van der Waals surface area contributed by atoms with Crippen LogP contribution in [0.2, 0.25) is 0 Å². The lowest BCUT2D eigenvalue weighted by molar-refractivity contribution is 0.110. The van der Waals surface area contributed by atoms with Gasteiger partial charge in [-0.3, -0.25) is 0 Å². The molecule has 1 aliphatic heterocycles. The molecule has 1 saturated heterocycles. The second kappa shape index (κ2) is 2.15. The monoisotopic (exact) mass is 142 g/mol. The van der Waals surface area contributed by atoms with Crippen LogP contribution in [-0.4, -0.2) is 18.4 Å². The van der Waals surface area contributed by atoms with Crippen LogP contribution in [-0.2, 0) is 9.47 Å². The van der Waals surface area contributed by atoms with Crippen LogP contribution in [0.25, 0.3) is 0 Å². The largest absolute Gasteiger partial charge is 0.509 e. The van der Waals surface area contributed by atoms with Crippen molar-refractivity contribution in [1.82, 2.24) is 0 Å². The normalized spacial score (nSPS) is 38.2. The zero-order chi connectivity index (χ0) is 6.97. The fraction of sp³-hybridized carbons (Fsp3) is 0.857. The van der Waals surface area contributed by atoms with Crippen LogP contribution in [0.4, 0.5) is 4.79 Å². The van der Waals surface area contributed by atoms with E-state index in [1.54, 1.807) is 0 Å². The molecule has 0 aromatic carbocycles. The summed E-state index contributed by atoms with van der Waals surface area (Å²) in [6.07, 6.45) is 3.96. The first-order valence-electron chi connectivity index (χ1n) is 3.73. The quantitative estimate of drug-likeness (QED) is 0.480. The predicted molar refractivity (Wildman–Crippen MR) is 33.6 cm³/mol. The molecule has 0 aromatic heterocycles. The highest BCUT2D eigenvalue weighted by Crippen LogP contribution is 2.28. The topological polar surface area (TPSA) is 35.5 Å². The van der Waals surface area contributed by atoms with E-state index >= 15 is 0 Å². The summed E-state index contributed by atoms with van der Waals surface area (Å²) in [5.74, 6) is 0. The van der Waals surface area contributed by atoms with Gasteiger partial charge >= 0.3 is 6.16 Å². The van der Waals surface area contributed by atoms with E-state index in [1.165, 1.54) is 0 Å². The molecule has 0 radical (unpaired) electrons. The van der Waals surface area contributed by atoms with Crippen molar-refractivity contribution in [3.05, 3.63) is 0 Å². The Kier molecular flexibility index (Phi) is 1.29. The number of rotatable bonds is 0. The van der Waals surface area contributed by atoms with Gasteiger partial charge in [-0.2, -0.15) is 0 Å². The summed E-state index contributed by atoms with van der Waals surface area (Å²) in [4.78, 5) is 10.6. The molecule has 0 spiro atoms. The van der Waals surface area contributed by atoms with Crippen molar-refractivity contribution in [1.29, 1.82) is 0 Å². The molecule has 2 aliphatic rings. The molecule has 0 amide bonds. The van der Waals surface area contributed by atoms with E-state index in [2.05, 4.69) is 0 Å². The second-order valence-electron chi connectivity index (χ2n) is 2.85. The predicted octanol–water partition coefficient (Wildman–Crippen LogP) is 1.46. The Labute approximate surface area is 59.3 Å². The van der Waals surface area contributed by atoms with Gasteiger partial charge in [0.15, 0.2) is 0 Å². The van der Waals surface area contributed by atoms with Crippen molar-refractivity contribution in [3.63, 3.8) is 0 Å². The van der Waals surface area contributed by atoms with Gasteiger partial charge in [-0.15, -0.1) is 0 Å². The summed E-state index contributed by atoms with van der Waals surface area (Å²) < 4.78 is 9.81. The first-order valence-corrected chi connectivity index (χ1v) is 3.73. The van der Waals surface area contributed by atoms with Gasteiger partial charge in [0.05, 0.1) is 0 Å². The third-order valence-corrected chi connectivity index (χ3v) is 2.14. The lowest BCUT2D eigenvalue weighted by Crippen LogP contribution is -2.25. The standard InChI is InChI=1S/C7H10O3/c8-7-9-5-3-1-2-4-6(5)10-7/h5-6H,1-4H2. The zero-order valence-corrected chi connectivity index (χ0v) is 5.71. The number of carbonyl (C=O) groups excluding carboxylic acids is 1. The molecule has 0 aromatic rings. The van der Waals surface area contributed by atoms with Crippen molar-refractivity contribution >= 4 is 6.16 Å².